The van der Waals surface area contributed by atoms with Gasteiger partial charge in [0.05, 0.1) is 23.1 Å². The standard InChI is InChI=1S/C21H17N3O4/c25-21-17(5-1-4-15-9-11-28-14-15)12-16-6-3-10-22-20(16)23(21)18-7-2-8-19(13-18)24(26)27/h2-3,6-14H,1,4-5H2. The van der Waals surface area contributed by atoms with Gasteiger partial charge in [0.25, 0.3) is 11.2 Å². The number of nitrogens with zero attached hydrogens (tertiary/aromatic N) is 3. The number of nitro groups is 1. The Kier molecular flexibility index (Phi) is 4.72. The SMILES string of the molecule is O=c1c(CCCc2ccoc2)cc2cccnc2n1-c1cccc([N+](=O)[O-])c1. The fraction of sp³-hybridized carbons (Fsp3) is 0.143. The largest absolute Gasteiger partial charge is 0.472 e. The third kappa shape index (κ3) is 3.42. The fourth-order valence-electron chi connectivity index (χ4n) is 3.28. The summed E-state index contributed by atoms with van der Waals surface area (Å²) in [4.78, 5) is 28.2. The molecule has 3 aromatic heterocycles. The Bertz CT molecular complexity index is 1200. The van der Waals surface area contributed by atoms with Crippen molar-refractivity contribution in [2.45, 2.75) is 19.3 Å². The van der Waals surface area contributed by atoms with Crippen molar-refractivity contribution in [1.29, 1.82) is 0 Å². The van der Waals surface area contributed by atoms with Gasteiger partial charge in [-0.1, -0.05) is 6.07 Å². The van der Waals surface area contributed by atoms with E-state index in [-0.39, 0.29) is 11.2 Å². The number of furan rings is 1. The van der Waals surface area contributed by atoms with Crippen LogP contribution in [0, 0.1) is 10.1 Å². The van der Waals surface area contributed by atoms with Crippen LogP contribution in [0.1, 0.15) is 17.5 Å². The van der Waals surface area contributed by atoms with Crippen LogP contribution < -0.4 is 5.56 Å². The minimum Gasteiger partial charge on any atom is -0.472 e. The monoisotopic (exact) mass is 375 g/mol. The van der Waals surface area contributed by atoms with Gasteiger partial charge >= 0.3 is 0 Å². The maximum absolute atomic E-state index is 13.2. The minimum atomic E-state index is -0.473. The van der Waals surface area contributed by atoms with Crippen molar-refractivity contribution < 1.29 is 9.34 Å². The second-order valence-electron chi connectivity index (χ2n) is 6.49. The number of hydrogen-bond acceptors (Lipinski definition) is 5. The molecule has 0 atom stereocenters. The van der Waals surface area contributed by atoms with Gasteiger partial charge in [0.15, 0.2) is 0 Å². The zero-order chi connectivity index (χ0) is 19.5. The lowest BCUT2D eigenvalue weighted by atomic mass is 10.1. The van der Waals surface area contributed by atoms with E-state index < -0.39 is 4.92 Å². The Hall–Kier alpha value is -3.74. The molecule has 4 rings (SSSR count). The normalized spacial score (nSPS) is 11.0. The van der Waals surface area contributed by atoms with Crippen LogP contribution in [0.5, 0.6) is 0 Å². The summed E-state index contributed by atoms with van der Waals surface area (Å²) in [7, 11) is 0. The Morgan fingerprint density at radius 2 is 2.00 bits per heavy atom. The van der Waals surface area contributed by atoms with Crippen molar-refractivity contribution in [3.63, 3.8) is 0 Å². The fourth-order valence-corrected chi connectivity index (χ4v) is 3.28. The van der Waals surface area contributed by atoms with E-state index in [0.29, 0.717) is 23.3 Å². The number of pyridine rings is 2. The molecule has 0 amide bonds. The maximum Gasteiger partial charge on any atom is 0.271 e. The number of rotatable bonds is 6. The van der Waals surface area contributed by atoms with Crippen molar-refractivity contribution in [2.75, 3.05) is 0 Å². The molecule has 7 heteroatoms. The Balaban J connectivity index is 1.78. The van der Waals surface area contributed by atoms with E-state index >= 15 is 0 Å². The molecule has 140 valence electrons. The highest BCUT2D eigenvalue weighted by Gasteiger charge is 2.14. The first-order valence-electron chi connectivity index (χ1n) is 8.89. The highest BCUT2D eigenvalue weighted by atomic mass is 16.6. The molecule has 0 spiro atoms. The second kappa shape index (κ2) is 7.48. The van der Waals surface area contributed by atoms with Gasteiger partial charge in [-0.3, -0.25) is 19.5 Å². The summed E-state index contributed by atoms with van der Waals surface area (Å²) in [6.45, 7) is 0. The molecule has 0 aliphatic carbocycles. The van der Waals surface area contributed by atoms with Crippen molar-refractivity contribution in [1.82, 2.24) is 9.55 Å². The lowest BCUT2D eigenvalue weighted by molar-refractivity contribution is -0.384. The van der Waals surface area contributed by atoms with Crippen LogP contribution in [-0.2, 0) is 12.8 Å². The lowest BCUT2D eigenvalue weighted by Crippen LogP contribution is -2.23. The third-order valence-electron chi connectivity index (χ3n) is 4.63. The van der Waals surface area contributed by atoms with Gasteiger partial charge in [-0.05, 0) is 55.2 Å². The molecule has 0 radical (unpaired) electrons. The molecule has 4 aromatic rings. The molecule has 0 aliphatic heterocycles. The van der Waals surface area contributed by atoms with Crippen molar-refractivity contribution >= 4 is 16.7 Å². The topological polar surface area (TPSA) is 91.2 Å². The molecule has 0 N–H and O–H groups in total. The highest BCUT2D eigenvalue weighted by molar-refractivity contribution is 5.77. The molecule has 3 heterocycles. The van der Waals surface area contributed by atoms with E-state index in [4.69, 9.17) is 4.42 Å². The second-order valence-corrected chi connectivity index (χ2v) is 6.49. The summed E-state index contributed by atoms with van der Waals surface area (Å²) in [6, 6.07) is 13.5. The van der Waals surface area contributed by atoms with Crippen LogP contribution in [-0.4, -0.2) is 14.5 Å². The number of fused-ring (bicyclic) bond motifs is 1. The Morgan fingerprint density at radius 3 is 2.79 bits per heavy atom. The molecule has 7 nitrogen and oxygen atoms in total. The van der Waals surface area contributed by atoms with E-state index in [1.165, 1.54) is 16.7 Å². The zero-order valence-electron chi connectivity index (χ0n) is 14.9. The van der Waals surface area contributed by atoms with Gasteiger partial charge in [0, 0.05) is 29.3 Å². The van der Waals surface area contributed by atoms with Gasteiger partial charge in [-0.2, -0.15) is 0 Å². The molecule has 0 unspecified atom stereocenters. The lowest BCUT2D eigenvalue weighted by Gasteiger charge is -2.12. The number of aryl methyl sites for hydroxylation is 2. The Morgan fingerprint density at radius 1 is 1.11 bits per heavy atom. The molecule has 0 fully saturated rings. The molecule has 1 aromatic carbocycles. The van der Waals surface area contributed by atoms with Crippen LogP contribution in [0.2, 0.25) is 0 Å². The van der Waals surface area contributed by atoms with Crippen molar-refractivity contribution in [3.05, 3.63) is 98.8 Å². The molecule has 0 saturated heterocycles. The molecule has 0 aliphatic rings. The van der Waals surface area contributed by atoms with Gasteiger partial charge in [0.1, 0.15) is 5.65 Å². The first kappa shape index (κ1) is 17.7. The molecule has 0 bridgehead atoms. The summed E-state index contributed by atoms with van der Waals surface area (Å²) in [5.41, 5.74) is 2.36. The first-order chi connectivity index (χ1) is 13.6. The van der Waals surface area contributed by atoms with Gasteiger partial charge in [-0.15, -0.1) is 0 Å². The average Bonchev–Trinajstić information content (AvgIpc) is 3.22. The number of nitro benzene ring substituents is 1. The summed E-state index contributed by atoms with van der Waals surface area (Å²) in [5.74, 6) is 0. The number of benzene rings is 1. The quantitative estimate of drug-likeness (QED) is 0.374. The van der Waals surface area contributed by atoms with E-state index in [1.807, 2.05) is 18.2 Å². The molecular formula is C21H17N3O4. The van der Waals surface area contributed by atoms with Crippen molar-refractivity contribution in [2.24, 2.45) is 0 Å². The van der Waals surface area contributed by atoms with E-state index in [9.17, 15) is 14.9 Å². The zero-order valence-corrected chi connectivity index (χ0v) is 14.9. The number of hydrogen-bond donors (Lipinski definition) is 0. The third-order valence-corrected chi connectivity index (χ3v) is 4.63. The number of aromatic nitrogens is 2. The van der Waals surface area contributed by atoms with E-state index in [0.717, 1.165) is 23.8 Å². The summed E-state index contributed by atoms with van der Waals surface area (Å²) < 4.78 is 6.53. The van der Waals surface area contributed by atoms with E-state index in [2.05, 4.69) is 4.98 Å². The van der Waals surface area contributed by atoms with E-state index in [1.54, 1.807) is 36.9 Å². The average molecular weight is 375 g/mol. The van der Waals surface area contributed by atoms with Crippen LogP contribution in [0.15, 0.2) is 76.5 Å². The Labute approximate surface area is 160 Å². The van der Waals surface area contributed by atoms with Crippen LogP contribution in [0.3, 0.4) is 0 Å². The summed E-state index contributed by atoms with van der Waals surface area (Å²) >= 11 is 0. The van der Waals surface area contributed by atoms with Gasteiger partial charge in [-0.25, -0.2) is 4.98 Å². The number of non-ortho nitro benzene ring substituents is 1. The summed E-state index contributed by atoms with van der Waals surface area (Å²) in [5, 5.41) is 12.0. The first-order valence-corrected chi connectivity index (χ1v) is 8.89. The van der Waals surface area contributed by atoms with Crippen molar-refractivity contribution in [3.8, 4) is 5.69 Å². The van der Waals surface area contributed by atoms with Crippen LogP contribution in [0.4, 0.5) is 5.69 Å². The maximum atomic E-state index is 13.2. The van der Waals surface area contributed by atoms with Gasteiger partial charge < -0.3 is 4.42 Å². The predicted octanol–water partition coefficient (Wildman–Crippen LogP) is 4.06. The highest BCUT2D eigenvalue weighted by Crippen LogP contribution is 2.20. The molecule has 28 heavy (non-hydrogen) atoms. The van der Waals surface area contributed by atoms with Crippen LogP contribution >= 0.6 is 0 Å². The van der Waals surface area contributed by atoms with Gasteiger partial charge in [0.2, 0.25) is 0 Å². The minimum absolute atomic E-state index is 0.0705. The predicted molar refractivity (Wildman–Crippen MR) is 105 cm³/mol. The molecular weight excluding hydrogens is 358 g/mol. The summed E-state index contributed by atoms with van der Waals surface area (Å²) in [6.07, 6.45) is 7.11. The van der Waals surface area contributed by atoms with Crippen LogP contribution in [0.25, 0.3) is 16.7 Å². The molecule has 0 saturated carbocycles. The smallest absolute Gasteiger partial charge is 0.271 e.